The van der Waals surface area contributed by atoms with Crippen LogP contribution in [0.5, 0.6) is 0 Å². The molecule has 1 N–H and O–H groups in total. The average molecular weight is 297 g/mol. The van der Waals surface area contributed by atoms with Crippen molar-refractivity contribution in [2.75, 3.05) is 5.75 Å². The topological polar surface area (TPSA) is 102 Å². The van der Waals surface area contributed by atoms with Crippen LogP contribution in [0.4, 0.5) is 0 Å². The molecule has 7 nitrogen and oxygen atoms in total. The van der Waals surface area contributed by atoms with Gasteiger partial charge in [-0.05, 0) is 12.5 Å². The lowest BCUT2D eigenvalue weighted by atomic mass is 10.3. The molecule has 0 saturated carbocycles. The predicted molar refractivity (Wildman–Crippen MR) is 71.5 cm³/mol. The number of aromatic nitrogens is 3. The fraction of sp³-hybridized carbons (Fsp3) is 0.417. The predicted octanol–water partition coefficient (Wildman–Crippen LogP) is 1.39. The Hall–Kier alpha value is -1.96. The van der Waals surface area contributed by atoms with E-state index in [2.05, 4.69) is 10.1 Å². The van der Waals surface area contributed by atoms with Gasteiger partial charge in [-0.2, -0.15) is 5.10 Å². The van der Waals surface area contributed by atoms with E-state index in [1.54, 1.807) is 6.07 Å². The first-order chi connectivity index (χ1) is 9.47. The van der Waals surface area contributed by atoms with Crippen LogP contribution in [0.25, 0.3) is 5.65 Å². The fourth-order valence-electron chi connectivity index (χ4n) is 1.94. The van der Waals surface area contributed by atoms with Crippen molar-refractivity contribution in [3.63, 3.8) is 0 Å². The quantitative estimate of drug-likeness (QED) is 0.808. The van der Waals surface area contributed by atoms with Crippen molar-refractivity contribution < 1.29 is 18.3 Å². The summed E-state index contributed by atoms with van der Waals surface area (Å²) in [4.78, 5) is 14.8. The van der Waals surface area contributed by atoms with Gasteiger partial charge in [0.05, 0.1) is 5.75 Å². The molecule has 0 spiro atoms. The smallest absolute Gasteiger partial charge is 0.357 e. The monoisotopic (exact) mass is 297 g/mol. The van der Waals surface area contributed by atoms with Crippen molar-refractivity contribution in [3.05, 3.63) is 24.2 Å². The Morgan fingerprint density at radius 3 is 2.80 bits per heavy atom. The van der Waals surface area contributed by atoms with E-state index in [1.807, 2.05) is 6.92 Å². The maximum atomic E-state index is 12.4. The molecule has 0 radical (unpaired) electrons. The molecule has 0 fully saturated rings. The van der Waals surface area contributed by atoms with Gasteiger partial charge in [-0.3, -0.25) is 0 Å². The van der Waals surface area contributed by atoms with Crippen LogP contribution in [0.3, 0.4) is 0 Å². The highest BCUT2D eigenvalue weighted by Crippen LogP contribution is 2.22. The van der Waals surface area contributed by atoms with Gasteiger partial charge in [0.2, 0.25) is 0 Å². The van der Waals surface area contributed by atoms with Crippen molar-refractivity contribution in [1.82, 2.24) is 14.6 Å². The van der Waals surface area contributed by atoms with Gasteiger partial charge in [-0.15, -0.1) is 0 Å². The Labute approximate surface area is 116 Å². The van der Waals surface area contributed by atoms with Crippen molar-refractivity contribution in [2.24, 2.45) is 0 Å². The summed E-state index contributed by atoms with van der Waals surface area (Å²) in [5, 5.41) is 12.9. The molecule has 0 aliphatic rings. The highest BCUT2D eigenvalue weighted by molar-refractivity contribution is 7.91. The minimum Gasteiger partial charge on any atom is -0.476 e. The van der Waals surface area contributed by atoms with E-state index in [-0.39, 0.29) is 16.3 Å². The lowest BCUT2D eigenvalue weighted by molar-refractivity contribution is 0.0686. The first-order valence-corrected chi connectivity index (χ1v) is 7.92. The Bertz CT molecular complexity index is 736. The van der Waals surface area contributed by atoms with Crippen LogP contribution >= 0.6 is 0 Å². The van der Waals surface area contributed by atoms with Gasteiger partial charge in [0.1, 0.15) is 4.90 Å². The van der Waals surface area contributed by atoms with E-state index in [9.17, 15) is 13.2 Å². The maximum Gasteiger partial charge on any atom is 0.357 e. The zero-order valence-corrected chi connectivity index (χ0v) is 11.8. The molecule has 0 bridgehead atoms. The number of hydrogen-bond donors (Lipinski definition) is 1. The van der Waals surface area contributed by atoms with Gasteiger partial charge < -0.3 is 5.11 Å². The van der Waals surface area contributed by atoms with Crippen molar-refractivity contribution >= 4 is 21.5 Å². The van der Waals surface area contributed by atoms with Gasteiger partial charge in [0.25, 0.3) is 0 Å². The third-order valence-corrected chi connectivity index (χ3v) is 4.71. The van der Waals surface area contributed by atoms with Gasteiger partial charge in [-0.25, -0.2) is 22.7 Å². The van der Waals surface area contributed by atoms with Crippen molar-refractivity contribution in [3.8, 4) is 0 Å². The molecule has 0 aliphatic heterocycles. The number of rotatable bonds is 6. The largest absolute Gasteiger partial charge is 0.476 e. The highest BCUT2D eigenvalue weighted by atomic mass is 32.2. The number of aromatic carboxylic acids is 1. The molecule has 0 unspecified atom stereocenters. The summed E-state index contributed by atoms with van der Waals surface area (Å²) >= 11 is 0. The van der Waals surface area contributed by atoms with Crippen LogP contribution in [0.2, 0.25) is 0 Å². The first kappa shape index (κ1) is 14.4. The van der Waals surface area contributed by atoms with E-state index in [0.29, 0.717) is 6.42 Å². The summed E-state index contributed by atoms with van der Waals surface area (Å²) in [6.45, 7) is 1.96. The lowest BCUT2D eigenvalue weighted by Crippen LogP contribution is -2.12. The summed E-state index contributed by atoms with van der Waals surface area (Å²) in [5.41, 5.74) is -0.415. The average Bonchev–Trinajstić information content (AvgIpc) is 2.79. The molecule has 2 aromatic heterocycles. The molecule has 20 heavy (non-hydrogen) atoms. The molecular formula is C12H15N3O4S. The van der Waals surface area contributed by atoms with E-state index >= 15 is 0 Å². The third-order valence-electron chi connectivity index (χ3n) is 2.88. The van der Waals surface area contributed by atoms with Crippen LogP contribution in [0, 0.1) is 0 Å². The van der Waals surface area contributed by atoms with Crippen molar-refractivity contribution in [2.45, 2.75) is 31.1 Å². The molecule has 2 heterocycles. The SMILES string of the molecule is CCCCCS(=O)(=O)c1c(C(=O)O)nn2cccnc12. The molecule has 0 amide bonds. The summed E-state index contributed by atoms with van der Waals surface area (Å²) in [6, 6.07) is 1.55. The number of carboxylic acids is 1. The number of sulfone groups is 1. The number of carbonyl (C=O) groups is 1. The Balaban J connectivity index is 2.56. The lowest BCUT2D eigenvalue weighted by Gasteiger charge is -2.02. The van der Waals surface area contributed by atoms with E-state index in [0.717, 1.165) is 12.8 Å². The van der Waals surface area contributed by atoms with E-state index < -0.39 is 21.5 Å². The molecule has 8 heteroatoms. The van der Waals surface area contributed by atoms with Crippen LogP contribution in [-0.2, 0) is 9.84 Å². The number of fused-ring (bicyclic) bond motifs is 1. The third kappa shape index (κ3) is 2.64. The summed E-state index contributed by atoms with van der Waals surface area (Å²) in [7, 11) is -3.72. The normalized spacial score (nSPS) is 11.8. The summed E-state index contributed by atoms with van der Waals surface area (Å²) in [5.74, 6) is -1.47. The van der Waals surface area contributed by atoms with Gasteiger partial charge in [-0.1, -0.05) is 19.8 Å². The van der Waals surface area contributed by atoms with Crippen molar-refractivity contribution in [1.29, 1.82) is 0 Å². The minimum atomic E-state index is -3.72. The molecule has 0 atom stereocenters. The second-order valence-electron chi connectivity index (χ2n) is 4.40. The second kappa shape index (κ2) is 5.58. The molecule has 0 aromatic carbocycles. The van der Waals surface area contributed by atoms with Crippen LogP contribution in [-0.4, -0.2) is 39.8 Å². The maximum absolute atomic E-state index is 12.4. The minimum absolute atomic E-state index is 0.0569. The second-order valence-corrected chi connectivity index (χ2v) is 6.44. The van der Waals surface area contributed by atoms with Gasteiger partial charge >= 0.3 is 5.97 Å². The van der Waals surface area contributed by atoms with Crippen LogP contribution in [0.1, 0.15) is 36.7 Å². The zero-order valence-electron chi connectivity index (χ0n) is 11.0. The van der Waals surface area contributed by atoms with Gasteiger partial charge in [0.15, 0.2) is 21.2 Å². The molecule has 0 aliphatic carbocycles. The van der Waals surface area contributed by atoms with E-state index in [1.165, 1.54) is 16.9 Å². The first-order valence-electron chi connectivity index (χ1n) is 6.26. The van der Waals surface area contributed by atoms with Crippen LogP contribution < -0.4 is 0 Å². The van der Waals surface area contributed by atoms with E-state index in [4.69, 9.17) is 5.11 Å². The summed E-state index contributed by atoms with van der Waals surface area (Å²) in [6.07, 6.45) is 5.03. The molecule has 0 saturated heterocycles. The van der Waals surface area contributed by atoms with Gasteiger partial charge in [0, 0.05) is 12.4 Å². The van der Waals surface area contributed by atoms with Crippen LogP contribution in [0.15, 0.2) is 23.4 Å². The molecular weight excluding hydrogens is 282 g/mol. The number of nitrogens with zero attached hydrogens (tertiary/aromatic N) is 3. The Morgan fingerprint density at radius 2 is 2.15 bits per heavy atom. The summed E-state index contributed by atoms with van der Waals surface area (Å²) < 4.78 is 25.9. The molecule has 108 valence electrons. The molecule has 2 rings (SSSR count). The standard InChI is InChI=1S/C12H15N3O4S/c1-2-3-4-8-20(18,19)10-9(12(16)17)14-15-7-5-6-13-11(10)15/h5-7H,2-4,8H2,1H3,(H,16,17). The zero-order chi connectivity index (χ0) is 14.8. The Morgan fingerprint density at radius 1 is 1.40 bits per heavy atom. The molecule has 2 aromatic rings. The number of hydrogen-bond acceptors (Lipinski definition) is 5. The Kier molecular flexibility index (Phi) is 4.03. The number of unbranched alkanes of at least 4 members (excludes halogenated alkanes) is 2. The number of carboxylic acid groups (broad SMARTS) is 1. The fourth-order valence-corrected chi connectivity index (χ4v) is 3.57. The highest BCUT2D eigenvalue weighted by Gasteiger charge is 2.29.